The van der Waals surface area contributed by atoms with Crippen molar-refractivity contribution in [3.05, 3.63) is 0 Å². The van der Waals surface area contributed by atoms with E-state index in [1.54, 1.807) is 6.92 Å². The Morgan fingerprint density at radius 2 is 1.42 bits per heavy atom. The Hall–Kier alpha value is -2.16. The van der Waals surface area contributed by atoms with Gasteiger partial charge in [-0.25, -0.2) is 0 Å². The van der Waals surface area contributed by atoms with Gasteiger partial charge in [0, 0.05) is 13.1 Å². The third kappa shape index (κ3) is 3.27. The van der Waals surface area contributed by atoms with Gasteiger partial charge in [-0.05, 0) is 39.5 Å². The Labute approximate surface area is 152 Å². The molecule has 3 rings (SSSR count). The van der Waals surface area contributed by atoms with Crippen molar-refractivity contribution in [2.45, 2.75) is 69.8 Å². The summed E-state index contributed by atoms with van der Waals surface area (Å²) in [6.07, 6.45) is 1.20. The van der Waals surface area contributed by atoms with Crippen LogP contribution in [0.15, 0.2) is 0 Å². The molecule has 9 nitrogen and oxygen atoms in total. The van der Waals surface area contributed by atoms with E-state index in [0.717, 1.165) is 0 Å². The van der Waals surface area contributed by atoms with Crippen molar-refractivity contribution in [3.8, 4) is 0 Å². The smallest absolute Gasteiger partial charge is 0.248 e. The van der Waals surface area contributed by atoms with Crippen LogP contribution in [-0.4, -0.2) is 81.9 Å². The number of aliphatic hydroxyl groups excluding tert-OH is 1. The fraction of sp³-hybridized carbons (Fsp3) is 0.765. The molecule has 0 radical (unpaired) electrons. The van der Waals surface area contributed by atoms with E-state index in [1.807, 2.05) is 0 Å². The van der Waals surface area contributed by atoms with E-state index < -0.39 is 42.1 Å². The van der Waals surface area contributed by atoms with E-state index in [4.69, 9.17) is 0 Å². The van der Waals surface area contributed by atoms with Crippen LogP contribution in [-0.2, 0) is 19.2 Å². The third-order valence-electron chi connectivity index (χ3n) is 5.45. The van der Waals surface area contributed by atoms with Crippen LogP contribution in [0.4, 0.5) is 0 Å². The first-order valence-corrected chi connectivity index (χ1v) is 9.21. The molecule has 3 aliphatic heterocycles. The molecule has 3 fully saturated rings. The number of aliphatic hydroxyl groups is 1. The second-order valence-corrected chi connectivity index (χ2v) is 7.34. The summed E-state index contributed by atoms with van der Waals surface area (Å²) in [6, 6.07) is -3.28. The predicted molar refractivity (Wildman–Crippen MR) is 90.7 cm³/mol. The molecule has 144 valence electrons. The monoisotopic (exact) mass is 366 g/mol. The summed E-state index contributed by atoms with van der Waals surface area (Å²) in [5, 5.41) is 15.4. The van der Waals surface area contributed by atoms with Gasteiger partial charge in [0.1, 0.15) is 24.2 Å². The Balaban J connectivity index is 1.95. The van der Waals surface area contributed by atoms with Crippen LogP contribution in [0.1, 0.15) is 39.5 Å². The molecule has 9 heteroatoms. The van der Waals surface area contributed by atoms with Crippen molar-refractivity contribution in [3.63, 3.8) is 0 Å². The highest BCUT2D eigenvalue weighted by atomic mass is 16.3. The molecule has 3 aliphatic rings. The molecule has 0 aromatic carbocycles. The summed E-state index contributed by atoms with van der Waals surface area (Å²) in [5.74, 6) is -1.58. The maximum Gasteiger partial charge on any atom is 0.248 e. The minimum absolute atomic E-state index is 0.305. The average molecular weight is 366 g/mol. The number of carbonyl (C=O) groups excluding carboxylic acids is 4. The van der Waals surface area contributed by atoms with Crippen molar-refractivity contribution in [1.82, 2.24) is 20.4 Å². The van der Waals surface area contributed by atoms with Crippen LogP contribution < -0.4 is 10.6 Å². The Morgan fingerprint density at radius 3 is 1.96 bits per heavy atom. The number of carbonyl (C=O) groups is 4. The van der Waals surface area contributed by atoms with E-state index in [9.17, 15) is 24.3 Å². The number of amides is 4. The average Bonchev–Trinajstić information content (AvgIpc) is 3.25. The molecule has 26 heavy (non-hydrogen) atoms. The highest BCUT2D eigenvalue weighted by Crippen LogP contribution is 2.23. The molecule has 0 spiro atoms. The molecular weight excluding hydrogens is 340 g/mol. The van der Waals surface area contributed by atoms with Crippen LogP contribution in [0.5, 0.6) is 0 Å². The quantitative estimate of drug-likeness (QED) is 0.514. The molecule has 0 aromatic heterocycles. The van der Waals surface area contributed by atoms with Crippen LogP contribution in [0.3, 0.4) is 0 Å². The first kappa shape index (κ1) is 18.6. The van der Waals surface area contributed by atoms with Gasteiger partial charge in [-0.15, -0.1) is 0 Å². The van der Waals surface area contributed by atoms with Gasteiger partial charge in [0.05, 0.1) is 6.10 Å². The number of hydrogen-bond donors (Lipinski definition) is 3. The van der Waals surface area contributed by atoms with Crippen LogP contribution in [0.2, 0.25) is 0 Å². The molecule has 4 amide bonds. The summed E-state index contributed by atoms with van der Waals surface area (Å²) >= 11 is 0. The second-order valence-electron chi connectivity index (χ2n) is 7.34. The normalized spacial score (nSPS) is 34.4. The molecule has 0 bridgehead atoms. The number of rotatable bonds is 1. The fourth-order valence-electron chi connectivity index (χ4n) is 4.04. The van der Waals surface area contributed by atoms with Crippen LogP contribution in [0.25, 0.3) is 0 Å². The van der Waals surface area contributed by atoms with Gasteiger partial charge in [-0.1, -0.05) is 0 Å². The maximum atomic E-state index is 12.9. The van der Waals surface area contributed by atoms with Crippen LogP contribution in [0, 0.1) is 0 Å². The molecule has 0 aromatic rings. The molecule has 0 saturated carbocycles. The van der Waals surface area contributed by atoms with Crippen molar-refractivity contribution in [1.29, 1.82) is 0 Å². The summed E-state index contributed by atoms with van der Waals surface area (Å²) in [6.45, 7) is 3.84. The summed E-state index contributed by atoms with van der Waals surface area (Å²) in [7, 11) is 0. The van der Waals surface area contributed by atoms with E-state index >= 15 is 0 Å². The van der Waals surface area contributed by atoms with Gasteiger partial charge in [-0.3, -0.25) is 19.2 Å². The summed E-state index contributed by atoms with van der Waals surface area (Å²) in [4.78, 5) is 53.8. The molecule has 0 aliphatic carbocycles. The highest BCUT2D eigenvalue weighted by Gasteiger charge is 2.43. The first-order valence-electron chi connectivity index (χ1n) is 9.21. The SMILES string of the molecule is C[C@@H]1NC(=O)[C@@H]2CCCN2C(=O)[C@H]([C@@H](C)O)NC(=O)[C@@H]2CCCN2C1=O. The maximum absolute atomic E-state index is 12.9. The first-order chi connectivity index (χ1) is 12.3. The largest absolute Gasteiger partial charge is 0.391 e. The van der Waals surface area contributed by atoms with E-state index in [2.05, 4.69) is 10.6 Å². The fourth-order valence-corrected chi connectivity index (χ4v) is 4.04. The van der Waals surface area contributed by atoms with Gasteiger partial charge in [0.2, 0.25) is 23.6 Å². The number of fused-ring (bicyclic) bond motifs is 2. The van der Waals surface area contributed by atoms with E-state index in [1.165, 1.54) is 16.7 Å². The minimum Gasteiger partial charge on any atom is -0.391 e. The highest BCUT2D eigenvalue weighted by molar-refractivity contribution is 5.98. The van der Waals surface area contributed by atoms with Gasteiger partial charge in [0.15, 0.2) is 0 Å². The Morgan fingerprint density at radius 1 is 0.923 bits per heavy atom. The summed E-state index contributed by atoms with van der Waals surface area (Å²) in [5.41, 5.74) is 0. The zero-order valence-corrected chi connectivity index (χ0v) is 15.1. The molecule has 3 heterocycles. The lowest BCUT2D eigenvalue weighted by Crippen LogP contribution is -2.62. The number of hydrogen-bond acceptors (Lipinski definition) is 5. The number of nitrogens with one attached hydrogen (secondary N) is 2. The zero-order chi connectivity index (χ0) is 19.0. The van der Waals surface area contributed by atoms with Crippen molar-refractivity contribution < 1.29 is 24.3 Å². The topological polar surface area (TPSA) is 119 Å². The van der Waals surface area contributed by atoms with E-state index in [-0.39, 0.29) is 11.8 Å². The second kappa shape index (κ2) is 7.22. The molecule has 0 unspecified atom stereocenters. The van der Waals surface area contributed by atoms with Crippen molar-refractivity contribution in [2.24, 2.45) is 0 Å². The number of nitrogens with zero attached hydrogens (tertiary/aromatic N) is 2. The molecule has 5 atom stereocenters. The van der Waals surface area contributed by atoms with Gasteiger partial charge in [-0.2, -0.15) is 0 Å². The van der Waals surface area contributed by atoms with Crippen molar-refractivity contribution >= 4 is 23.6 Å². The Bertz CT molecular complexity index is 622. The Kier molecular flexibility index (Phi) is 5.17. The lowest BCUT2D eigenvalue weighted by Gasteiger charge is -2.34. The lowest BCUT2D eigenvalue weighted by atomic mass is 10.1. The van der Waals surface area contributed by atoms with Crippen molar-refractivity contribution in [2.75, 3.05) is 13.1 Å². The molecule has 3 saturated heterocycles. The predicted octanol–water partition coefficient (Wildman–Crippen LogP) is -1.65. The standard InChI is InChI=1S/C17H26N4O5/c1-9-16(25)20-7-3-6-12(20)15(24)19-13(10(2)22)17(26)21-8-4-5-11(21)14(23)18-9/h9-13,22H,3-8H2,1-2H3,(H,18,23)(H,19,24)/t9-,10+,11-,12-,13-/m0/s1. The lowest BCUT2D eigenvalue weighted by molar-refractivity contribution is -0.148. The summed E-state index contributed by atoms with van der Waals surface area (Å²) < 4.78 is 0. The van der Waals surface area contributed by atoms with E-state index in [0.29, 0.717) is 38.8 Å². The zero-order valence-electron chi connectivity index (χ0n) is 15.1. The van der Waals surface area contributed by atoms with Gasteiger partial charge >= 0.3 is 0 Å². The molecule has 3 N–H and O–H groups in total. The molecular formula is C17H26N4O5. The third-order valence-corrected chi connectivity index (χ3v) is 5.45. The van der Waals surface area contributed by atoms with Gasteiger partial charge < -0.3 is 25.5 Å². The van der Waals surface area contributed by atoms with Crippen LogP contribution >= 0.6 is 0 Å². The van der Waals surface area contributed by atoms with Gasteiger partial charge in [0.25, 0.3) is 0 Å². The minimum atomic E-state index is -1.13.